The van der Waals surface area contributed by atoms with E-state index in [1.165, 1.54) is 12.2 Å². The maximum absolute atomic E-state index is 11.4. The van der Waals surface area contributed by atoms with Crippen LogP contribution in [0.5, 0.6) is 0 Å². The fraction of sp³-hybridized carbons (Fsp3) is 0.600. The van der Waals surface area contributed by atoms with Gasteiger partial charge in [-0.1, -0.05) is 18.2 Å². The normalized spacial score (nSPS) is 22.6. The van der Waals surface area contributed by atoms with Crippen molar-refractivity contribution in [3.63, 3.8) is 0 Å². The number of esters is 1. The zero-order chi connectivity index (χ0) is 14.3. The summed E-state index contributed by atoms with van der Waals surface area (Å²) in [6.45, 7) is 3.66. The highest BCUT2D eigenvalue weighted by Crippen LogP contribution is 2.19. The lowest BCUT2D eigenvalue weighted by atomic mass is 9.99. The van der Waals surface area contributed by atoms with Gasteiger partial charge in [0.15, 0.2) is 5.78 Å². The van der Waals surface area contributed by atoms with Gasteiger partial charge in [0, 0.05) is 6.42 Å². The number of ether oxygens (including phenoxy) is 1. The average Bonchev–Trinajstić information content (AvgIpc) is 2.63. The maximum atomic E-state index is 11.4. The number of hydrogen-bond donors (Lipinski definition) is 1. The summed E-state index contributed by atoms with van der Waals surface area (Å²) in [5.74, 6) is -0.520. The molecule has 0 radical (unpaired) electrons. The van der Waals surface area contributed by atoms with Gasteiger partial charge in [0.2, 0.25) is 0 Å². The molecule has 0 spiro atoms. The molecule has 0 aliphatic heterocycles. The number of unbranched alkanes of at least 4 members (excludes halogenated alkanes) is 1. The second kappa shape index (κ2) is 7.89. The number of carbonyl (C=O) groups is 2. The van der Waals surface area contributed by atoms with Crippen molar-refractivity contribution in [1.82, 2.24) is 0 Å². The quantitative estimate of drug-likeness (QED) is 0.436. The van der Waals surface area contributed by atoms with E-state index < -0.39 is 6.10 Å². The highest BCUT2D eigenvalue weighted by atomic mass is 16.5. The van der Waals surface area contributed by atoms with E-state index in [-0.39, 0.29) is 23.8 Å². The van der Waals surface area contributed by atoms with Gasteiger partial charge in [-0.15, -0.1) is 0 Å². The van der Waals surface area contributed by atoms with Gasteiger partial charge in [-0.25, -0.2) is 0 Å². The first-order valence-corrected chi connectivity index (χ1v) is 6.75. The highest BCUT2D eigenvalue weighted by molar-refractivity contribution is 5.95. The van der Waals surface area contributed by atoms with Crippen LogP contribution >= 0.6 is 0 Å². The molecule has 1 rings (SSSR count). The number of aliphatic hydroxyl groups excluding tert-OH is 1. The molecule has 2 unspecified atom stereocenters. The van der Waals surface area contributed by atoms with Gasteiger partial charge in [-0.05, 0) is 39.2 Å². The molecule has 106 valence electrons. The van der Waals surface area contributed by atoms with Crippen molar-refractivity contribution in [2.45, 2.75) is 51.7 Å². The second-order valence-electron chi connectivity index (χ2n) is 5.00. The average molecular weight is 266 g/mol. The van der Waals surface area contributed by atoms with Crippen molar-refractivity contribution in [3.05, 3.63) is 24.3 Å². The number of hydrogen-bond acceptors (Lipinski definition) is 4. The van der Waals surface area contributed by atoms with Gasteiger partial charge < -0.3 is 9.84 Å². The summed E-state index contributed by atoms with van der Waals surface area (Å²) in [7, 11) is 0. The Hall–Kier alpha value is -1.42. The SMILES string of the molecule is CC(C)OC(=O)CCC/C=C\CC1C(=O)C=CC1O. The molecule has 1 aliphatic rings. The molecule has 0 aromatic heterocycles. The molecular weight excluding hydrogens is 244 g/mol. The molecule has 0 aromatic rings. The molecule has 1 aliphatic carbocycles. The van der Waals surface area contributed by atoms with Crippen molar-refractivity contribution in [2.24, 2.45) is 5.92 Å². The molecule has 19 heavy (non-hydrogen) atoms. The molecule has 4 nitrogen and oxygen atoms in total. The monoisotopic (exact) mass is 266 g/mol. The fourth-order valence-corrected chi connectivity index (χ4v) is 1.92. The Morgan fingerprint density at radius 3 is 2.79 bits per heavy atom. The summed E-state index contributed by atoms with van der Waals surface area (Å²) >= 11 is 0. The van der Waals surface area contributed by atoms with Gasteiger partial charge in [0.05, 0.1) is 18.1 Å². The summed E-state index contributed by atoms with van der Waals surface area (Å²) in [5.41, 5.74) is 0. The molecule has 0 heterocycles. The minimum atomic E-state index is -0.654. The van der Waals surface area contributed by atoms with E-state index in [2.05, 4.69) is 0 Å². The smallest absolute Gasteiger partial charge is 0.306 e. The number of carbonyl (C=O) groups excluding carboxylic acids is 2. The lowest BCUT2D eigenvalue weighted by Gasteiger charge is -2.09. The van der Waals surface area contributed by atoms with Crippen molar-refractivity contribution in [3.8, 4) is 0 Å². The van der Waals surface area contributed by atoms with E-state index in [0.717, 1.165) is 12.8 Å². The van der Waals surface area contributed by atoms with E-state index in [1.807, 2.05) is 26.0 Å². The van der Waals surface area contributed by atoms with Gasteiger partial charge >= 0.3 is 5.97 Å². The number of allylic oxidation sites excluding steroid dienone is 3. The van der Waals surface area contributed by atoms with Crippen molar-refractivity contribution in [1.29, 1.82) is 0 Å². The minimum absolute atomic E-state index is 0.0161. The third-order valence-electron chi connectivity index (χ3n) is 2.91. The summed E-state index contributed by atoms with van der Waals surface area (Å²) in [6, 6.07) is 0. The summed E-state index contributed by atoms with van der Waals surface area (Å²) in [6.07, 6.45) is 8.56. The van der Waals surface area contributed by atoms with Gasteiger partial charge in [0.1, 0.15) is 0 Å². The van der Waals surface area contributed by atoms with Gasteiger partial charge in [-0.3, -0.25) is 9.59 Å². The molecule has 0 fully saturated rings. The first kappa shape index (κ1) is 15.6. The van der Waals surface area contributed by atoms with Crippen LogP contribution in [0.2, 0.25) is 0 Å². The standard InChI is InChI=1S/C15H22O4/c1-11(2)19-15(18)8-6-4-3-5-7-12-13(16)9-10-14(12)17/h3,5,9-13,16H,4,6-8H2,1-2H3/b5-3-. The van der Waals surface area contributed by atoms with E-state index in [1.54, 1.807) is 0 Å². The largest absolute Gasteiger partial charge is 0.463 e. The minimum Gasteiger partial charge on any atom is -0.463 e. The Morgan fingerprint density at radius 1 is 1.47 bits per heavy atom. The Labute approximate surface area is 114 Å². The second-order valence-corrected chi connectivity index (χ2v) is 5.00. The van der Waals surface area contributed by atoms with Crippen molar-refractivity contribution >= 4 is 11.8 Å². The Morgan fingerprint density at radius 2 is 2.21 bits per heavy atom. The van der Waals surface area contributed by atoms with Crippen molar-refractivity contribution < 1.29 is 19.4 Å². The lowest BCUT2D eigenvalue weighted by Crippen LogP contribution is -2.18. The Balaban J connectivity index is 2.11. The number of aliphatic hydroxyl groups is 1. The molecule has 4 heteroatoms. The molecule has 0 bridgehead atoms. The van der Waals surface area contributed by atoms with Crippen LogP contribution in [-0.2, 0) is 14.3 Å². The predicted octanol–water partition coefficient (Wildman–Crippen LogP) is 2.17. The number of rotatable bonds is 7. The molecule has 0 saturated heterocycles. The van der Waals surface area contributed by atoms with E-state index >= 15 is 0 Å². The van der Waals surface area contributed by atoms with Crippen LogP contribution in [0.4, 0.5) is 0 Å². The van der Waals surface area contributed by atoms with Crippen LogP contribution in [0.15, 0.2) is 24.3 Å². The molecule has 0 amide bonds. The Bertz CT molecular complexity index is 368. The highest BCUT2D eigenvalue weighted by Gasteiger charge is 2.26. The lowest BCUT2D eigenvalue weighted by molar-refractivity contribution is -0.147. The van der Waals surface area contributed by atoms with Crippen LogP contribution in [-0.4, -0.2) is 29.1 Å². The number of ketones is 1. The fourth-order valence-electron chi connectivity index (χ4n) is 1.92. The Kier molecular flexibility index (Phi) is 6.50. The third-order valence-corrected chi connectivity index (χ3v) is 2.91. The van der Waals surface area contributed by atoms with Crippen LogP contribution < -0.4 is 0 Å². The molecule has 0 saturated carbocycles. The van der Waals surface area contributed by atoms with E-state index in [0.29, 0.717) is 12.8 Å². The zero-order valence-electron chi connectivity index (χ0n) is 11.5. The maximum Gasteiger partial charge on any atom is 0.306 e. The van der Waals surface area contributed by atoms with E-state index in [4.69, 9.17) is 4.74 Å². The molecule has 0 aromatic carbocycles. The first-order valence-electron chi connectivity index (χ1n) is 6.75. The predicted molar refractivity (Wildman–Crippen MR) is 72.5 cm³/mol. The molecule has 2 atom stereocenters. The van der Waals surface area contributed by atoms with Crippen LogP contribution in [0, 0.1) is 5.92 Å². The van der Waals surface area contributed by atoms with Crippen LogP contribution in [0.1, 0.15) is 39.5 Å². The zero-order valence-corrected chi connectivity index (χ0v) is 11.5. The van der Waals surface area contributed by atoms with E-state index in [9.17, 15) is 14.7 Å². The summed E-state index contributed by atoms with van der Waals surface area (Å²) in [4.78, 5) is 22.6. The summed E-state index contributed by atoms with van der Waals surface area (Å²) in [5, 5.41) is 9.52. The first-order chi connectivity index (χ1) is 9.00. The molecular formula is C15H22O4. The summed E-state index contributed by atoms with van der Waals surface area (Å²) < 4.78 is 5.02. The van der Waals surface area contributed by atoms with Crippen molar-refractivity contribution in [2.75, 3.05) is 0 Å². The molecule has 1 N–H and O–H groups in total. The topological polar surface area (TPSA) is 63.6 Å². The van der Waals surface area contributed by atoms with Crippen LogP contribution in [0.3, 0.4) is 0 Å². The van der Waals surface area contributed by atoms with Gasteiger partial charge in [0.25, 0.3) is 0 Å². The van der Waals surface area contributed by atoms with Crippen LogP contribution in [0.25, 0.3) is 0 Å². The van der Waals surface area contributed by atoms with Gasteiger partial charge in [-0.2, -0.15) is 0 Å². The third kappa shape index (κ3) is 5.83.